The maximum Gasteiger partial charge on any atom is 0.131 e. The van der Waals surface area contributed by atoms with Gasteiger partial charge in [0.1, 0.15) is 11.6 Å². The fraction of sp³-hybridized carbons (Fsp3) is 0.333. The minimum absolute atomic E-state index is 0.00866. The molecule has 0 bridgehead atoms. The van der Waals surface area contributed by atoms with Gasteiger partial charge in [-0.05, 0) is 31.4 Å². The molecule has 0 radical (unpaired) electrons. The summed E-state index contributed by atoms with van der Waals surface area (Å²) in [4.78, 5) is 0. The Morgan fingerprint density at radius 3 is 2.40 bits per heavy atom. The zero-order valence-corrected chi connectivity index (χ0v) is 8.34. The van der Waals surface area contributed by atoms with Crippen molar-refractivity contribution in [3.63, 3.8) is 0 Å². The lowest BCUT2D eigenvalue weighted by Gasteiger charge is -2.15. The first kappa shape index (κ1) is 10.3. The topological polar surface area (TPSA) is 26.0 Å². The SMILES string of the molecule is NC(C1=CCCC1)c1c(F)cccc1F. The molecule has 1 unspecified atom stereocenters. The van der Waals surface area contributed by atoms with Gasteiger partial charge in [-0.15, -0.1) is 0 Å². The molecule has 1 atom stereocenters. The van der Waals surface area contributed by atoms with Gasteiger partial charge in [-0.1, -0.05) is 17.7 Å². The van der Waals surface area contributed by atoms with Crippen molar-refractivity contribution in [3.05, 3.63) is 47.0 Å². The standard InChI is InChI=1S/C12H13F2N/c13-9-6-3-7-10(14)11(9)12(15)8-4-1-2-5-8/h3-4,6-7,12H,1-2,5,15H2. The molecule has 1 aromatic carbocycles. The summed E-state index contributed by atoms with van der Waals surface area (Å²) >= 11 is 0. The third kappa shape index (κ3) is 1.92. The van der Waals surface area contributed by atoms with Crippen LogP contribution in [0.1, 0.15) is 30.9 Å². The van der Waals surface area contributed by atoms with E-state index in [1.165, 1.54) is 18.2 Å². The first-order valence-corrected chi connectivity index (χ1v) is 5.08. The number of hydrogen-bond acceptors (Lipinski definition) is 1. The number of halogens is 2. The van der Waals surface area contributed by atoms with Gasteiger partial charge in [0, 0.05) is 5.56 Å². The molecule has 2 N–H and O–H groups in total. The molecule has 0 amide bonds. The molecular weight excluding hydrogens is 196 g/mol. The van der Waals surface area contributed by atoms with Crippen molar-refractivity contribution in [2.75, 3.05) is 0 Å². The van der Waals surface area contributed by atoms with Crippen molar-refractivity contribution in [1.82, 2.24) is 0 Å². The normalized spacial score (nSPS) is 17.7. The van der Waals surface area contributed by atoms with E-state index >= 15 is 0 Å². The Morgan fingerprint density at radius 1 is 1.20 bits per heavy atom. The zero-order valence-electron chi connectivity index (χ0n) is 8.34. The molecule has 1 aliphatic rings. The molecule has 0 spiro atoms. The molecular formula is C12H13F2N. The summed E-state index contributed by atoms with van der Waals surface area (Å²) in [6.07, 6.45) is 4.81. The molecule has 0 saturated carbocycles. The molecule has 3 heteroatoms. The van der Waals surface area contributed by atoms with Crippen LogP contribution in [0.25, 0.3) is 0 Å². The van der Waals surface area contributed by atoms with E-state index in [1.54, 1.807) is 0 Å². The highest BCUT2D eigenvalue weighted by Gasteiger charge is 2.21. The van der Waals surface area contributed by atoms with Crippen molar-refractivity contribution >= 4 is 0 Å². The molecule has 0 aromatic heterocycles. The van der Waals surface area contributed by atoms with Gasteiger partial charge in [-0.2, -0.15) is 0 Å². The molecule has 15 heavy (non-hydrogen) atoms. The smallest absolute Gasteiger partial charge is 0.131 e. The van der Waals surface area contributed by atoms with E-state index in [1.807, 2.05) is 6.08 Å². The molecule has 80 valence electrons. The van der Waals surface area contributed by atoms with Gasteiger partial charge in [-0.3, -0.25) is 0 Å². The van der Waals surface area contributed by atoms with Crippen LogP contribution in [0.15, 0.2) is 29.8 Å². The molecule has 0 fully saturated rings. The monoisotopic (exact) mass is 209 g/mol. The predicted molar refractivity (Wildman–Crippen MR) is 55.2 cm³/mol. The summed E-state index contributed by atoms with van der Waals surface area (Å²) in [6, 6.07) is 3.21. The molecule has 1 nitrogen and oxygen atoms in total. The van der Waals surface area contributed by atoms with Crippen LogP contribution < -0.4 is 5.73 Å². The van der Waals surface area contributed by atoms with Crippen molar-refractivity contribution in [2.24, 2.45) is 5.73 Å². The van der Waals surface area contributed by atoms with Gasteiger partial charge in [0.25, 0.3) is 0 Å². The number of allylic oxidation sites excluding steroid dienone is 1. The third-order valence-electron chi connectivity index (χ3n) is 2.79. The summed E-state index contributed by atoms with van der Waals surface area (Å²) in [6.45, 7) is 0. The molecule has 2 rings (SSSR count). The largest absolute Gasteiger partial charge is 0.320 e. The van der Waals surface area contributed by atoms with Crippen LogP contribution in [0.2, 0.25) is 0 Å². The van der Waals surface area contributed by atoms with Crippen molar-refractivity contribution < 1.29 is 8.78 Å². The van der Waals surface area contributed by atoms with E-state index in [4.69, 9.17) is 5.73 Å². The first-order chi connectivity index (χ1) is 7.20. The van der Waals surface area contributed by atoms with Crippen molar-refractivity contribution in [3.8, 4) is 0 Å². The average molecular weight is 209 g/mol. The Hall–Kier alpha value is -1.22. The minimum atomic E-state index is -0.631. The second-order valence-corrected chi connectivity index (χ2v) is 3.78. The van der Waals surface area contributed by atoms with Gasteiger partial charge in [0.05, 0.1) is 6.04 Å². The van der Waals surface area contributed by atoms with Gasteiger partial charge < -0.3 is 5.73 Å². The van der Waals surface area contributed by atoms with Gasteiger partial charge in [0.2, 0.25) is 0 Å². The van der Waals surface area contributed by atoms with Crippen LogP contribution in [0.3, 0.4) is 0 Å². The first-order valence-electron chi connectivity index (χ1n) is 5.08. The van der Waals surface area contributed by atoms with E-state index in [0.29, 0.717) is 0 Å². The fourth-order valence-corrected chi connectivity index (χ4v) is 1.97. The molecule has 0 saturated heterocycles. The van der Waals surface area contributed by atoms with E-state index in [0.717, 1.165) is 24.8 Å². The minimum Gasteiger partial charge on any atom is -0.320 e. The van der Waals surface area contributed by atoms with Crippen LogP contribution in [0.4, 0.5) is 8.78 Å². The molecule has 0 heterocycles. The van der Waals surface area contributed by atoms with E-state index in [2.05, 4.69) is 0 Å². The van der Waals surface area contributed by atoms with Crippen LogP contribution in [-0.2, 0) is 0 Å². The van der Waals surface area contributed by atoms with E-state index in [-0.39, 0.29) is 5.56 Å². The summed E-state index contributed by atoms with van der Waals surface area (Å²) in [5.41, 5.74) is 6.79. The Labute approximate surface area is 87.6 Å². The quantitative estimate of drug-likeness (QED) is 0.744. The summed E-state index contributed by atoms with van der Waals surface area (Å²) in [7, 11) is 0. The Bertz CT molecular complexity index is 378. The van der Waals surface area contributed by atoms with E-state index < -0.39 is 17.7 Å². The zero-order chi connectivity index (χ0) is 10.8. The third-order valence-corrected chi connectivity index (χ3v) is 2.79. The Morgan fingerprint density at radius 2 is 1.87 bits per heavy atom. The lowest BCUT2D eigenvalue weighted by Crippen LogP contribution is -2.15. The lowest BCUT2D eigenvalue weighted by molar-refractivity contribution is 0.539. The predicted octanol–water partition coefficient (Wildman–Crippen LogP) is 3.07. The van der Waals surface area contributed by atoms with Gasteiger partial charge in [-0.25, -0.2) is 8.78 Å². The number of rotatable bonds is 2. The number of hydrogen-bond donors (Lipinski definition) is 1. The highest BCUT2D eigenvalue weighted by molar-refractivity contribution is 5.31. The van der Waals surface area contributed by atoms with Crippen LogP contribution in [0, 0.1) is 11.6 Å². The Balaban J connectivity index is 2.36. The maximum absolute atomic E-state index is 13.4. The summed E-state index contributed by atoms with van der Waals surface area (Å²) in [5.74, 6) is -1.12. The maximum atomic E-state index is 13.4. The average Bonchev–Trinajstić information content (AvgIpc) is 2.69. The van der Waals surface area contributed by atoms with Crippen molar-refractivity contribution in [1.29, 1.82) is 0 Å². The summed E-state index contributed by atoms with van der Waals surface area (Å²) in [5, 5.41) is 0. The van der Waals surface area contributed by atoms with Crippen LogP contribution in [0.5, 0.6) is 0 Å². The highest BCUT2D eigenvalue weighted by atomic mass is 19.1. The van der Waals surface area contributed by atoms with Gasteiger partial charge in [0.15, 0.2) is 0 Å². The number of nitrogens with two attached hydrogens (primary N) is 1. The highest BCUT2D eigenvalue weighted by Crippen LogP contribution is 2.31. The second-order valence-electron chi connectivity index (χ2n) is 3.78. The van der Waals surface area contributed by atoms with Crippen LogP contribution >= 0.6 is 0 Å². The summed E-state index contributed by atoms with van der Waals surface area (Å²) < 4.78 is 26.8. The van der Waals surface area contributed by atoms with E-state index in [9.17, 15) is 8.78 Å². The second kappa shape index (κ2) is 4.11. The fourth-order valence-electron chi connectivity index (χ4n) is 1.97. The molecule has 0 aliphatic heterocycles. The Kier molecular flexibility index (Phi) is 2.82. The molecule has 1 aromatic rings. The van der Waals surface area contributed by atoms with Crippen LogP contribution in [-0.4, -0.2) is 0 Å². The van der Waals surface area contributed by atoms with Crippen molar-refractivity contribution in [2.45, 2.75) is 25.3 Å². The lowest BCUT2D eigenvalue weighted by atomic mass is 9.98. The van der Waals surface area contributed by atoms with Gasteiger partial charge >= 0.3 is 0 Å². The molecule has 1 aliphatic carbocycles. The number of benzene rings is 1.